The third-order valence-corrected chi connectivity index (χ3v) is 4.66. The van der Waals surface area contributed by atoms with Crippen LogP contribution in [0.25, 0.3) is 0 Å². The molecule has 0 aliphatic carbocycles. The third kappa shape index (κ3) is 3.69. The molecule has 2 unspecified atom stereocenters. The van der Waals surface area contributed by atoms with Gasteiger partial charge in [-0.3, -0.25) is 4.90 Å². The molecule has 3 heteroatoms. The summed E-state index contributed by atoms with van der Waals surface area (Å²) in [6.45, 7) is 12.4. The van der Waals surface area contributed by atoms with Crippen LogP contribution in [0.1, 0.15) is 53.4 Å². The lowest BCUT2D eigenvalue weighted by Crippen LogP contribution is -2.65. The lowest BCUT2D eigenvalue weighted by molar-refractivity contribution is -0.0132. The van der Waals surface area contributed by atoms with Crippen molar-refractivity contribution in [3.05, 3.63) is 0 Å². The molecule has 1 aliphatic heterocycles. The molecule has 1 N–H and O–H groups in total. The first-order chi connectivity index (χ1) is 8.61. The van der Waals surface area contributed by atoms with Crippen LogP contribution in [0.2, 0.25) is 0 Å². The van der Waals surface area contributed by atoms with E-state index < -0.39 is 0 Å². The fourth-order valence-corrected chi connectivity index (χ4v) is 3.11. The van der Waals surface area contributed by atoms with Gasteiger partial charge in [-0.15, -0.1) is 0 Å². The van der Waals surface area contributed by atoms with Crippen molar-refractivity contribution >= 4 is 0 Å². The van der Waals surface area contributed by atoms with Crippen molar-refractivity contribution in [1.29, 1.82) is 0 Å². The third-order valence-electron chi connectivity index (χ3n) is 4.66. The molecule has 0 aromatic carbocycles. The second kappa shape index (κ2) is 7.46. The van der Waals surface area contributed by atoms with Crippen LogP contribution in [0.3, 0.4) is 0 Å². The van der Waals surface area contributed by atoms with Crippen molar-refractivity contribution in [2.24, 2.45) is 0 Å². The standard InChI is InChI=1S/C15H32N2O/c1-6-9-14-11-17(10-13(4)18-5)15(7-2,8-3)12-16-14/h13-14,16H,6-12H2,1-5H3. The van der Waals surface area contributed by atoms with Crippen molar-refractivity contribution in [2.45, 2.75) is 71.1 Å². The Labute approximate surface area is 113 Å². The van der Waals surface area contributed by atoms with E-state index in [1.807, 2.05) is 7.11 Å². The number of rotatable bonds is 7. The predicted molar refractivity (Wildman–Crippen MR) is 78.1 cm³/mol. The summed E-state index contributed by atoms with van der Waals surface area (Å²) in [6, 6.07) is 0.658. The van der Waals surface area contributed by atoms with E-state index in [9.17, 15) is 0 Å². The van der Waals surface area contributed by atoms with Crippen LogP contribution in [0.5, 0.6) is 0 Å². The Morgan fingerprint density at radius 2 is 2.00 bits per heavy atom. The highest BCUT2D eigenvalue weighted by atomic mass is 16.5. The summed E-state index contributed by atoms with van der Waals surface area (Å²) in [5.74, 6) is 0. The first kappa shape index (κ1) is 15.9. The molecule has 0 aromatic rings. The molecule has 1 aliphatic rings. The Kier molecular flexibility index (Phi) is 6.61. The van der Waals surface area contributed by atoms with Gasteiger partial charge >= 0.3 is 0 Å². The van der Waals surface area contributed by atoms with Crippen molar-refractivity contribution in [2.75, 3.05) is 26.7 Å². The van der Waals surface area contributed by atoms with Gasteiger partial charge in [-0.25, -0.2) is 0 Å². The minimum Gasteiger partial charge on any atom is -0.380 e. The summed E-state index contributed by atoms with van der Waals surface area (Å²) in [5, 5.41) is 3.75. The van der Waals surface area contributed by atoms with Gasteiger partial charge in [0.15, 0.2) is 0 Å². The number of piperazine rings is 1. The van der Waals surface area contributed by atoms with E-state index in [0.717, 1.165) is 13.1 Å². The summed E-state index contributed by atoms with van der Waals surface area (Å²) in [6.07, 6.45) is 5.29. The Hall–Kier alpha value is -0.120. The van der Waals surface area contributed by atoms with Crippen LogP contribution in [-0.2, 0) is 4.74 Å². The average Bonchev–Trinajstić information content (AvgIpc) is 2.40. The summed E-state index contributed by atoms with van der Waals surface area (Å²) >= 11 is 0. The Balaban J connectivity index is 2.72. The van der Waals surface area contributed by atoms with Gasteiger partial charge in [0.2, 0.25) is 0 Å². The molecule has 1 fully saturated rings. The van der Waals surface area contributed by atoms with Crippen LogP contribution in [0, 0.1) is 0 Å². The number of hydrogen-bond acceptors (Lipinski definition) is 3. The average molecular weight is 256 g/mol. The van der Waals surface area contributed by atoms with Gasteiger partial charge in [-0.05, 0) is 26.2 Å². The molecule has 0 bridgehead atoms. The molecule has 1 rings (SSSR count). The number of methoxy groups -OCH3 is 1. The van der Waals surface area contributed by atoms with Crippen molar-refractivity contribution in [3.63, 3.8) is 0 Å². The van der Waals surface area contributed by atoms with E-state index in [1.165, 1.54) is 32.2 Å². The van der Waals surface area contributed by atoms with Gasteiger partial charge in [0, 0.05) is 38.3 Å². The molecule has 3 nitrogen and oxygen atoms in total. The molecule has 0 spiro atoms. The molecule has 0 radical (unpaired) electrons. The van der Waals surface area contributed by atoms with Crippen LogP contribution >= 0.6 is 0 Å². The second-order valence-electron chi connectivity index (χ2n) is 5.75. The largest absolute Gasteiger partial charge is 0.380 e. The minimum absolute atomic E-state index is 0.322. The molecule has 0 aromatic heterocycles. The fraction of sp³-hybridized carbons (Fsp3) is 1.00. The zero-order valence-electron chi connectivity index (χ0n) is 13.0. The summed E-state index contributed by atoms with van der Waals surface area (Å²) < 4.78 is 5.47. The van der Waals surface area contributed by atoms with E-state index in [-0.39, 0.29) is 0 Å². The minimum atomic E-state index is 0.322. The van der Waals surface area contributed by atoms with Gasteiger partial charge in [0.05, 0.1) is 6.10 Å². The van der Waals surface area contributed by atoms with E-state index in [1.54, 1.807) is 0 Å². The van der Waals surface area contributed by atoms with E-state index in [4.69, 9.17) is 4.74 Å². The van der Waals surface area contributed by atoms with Crippen molar-refractivity contribution in [1.82, 2.24) is 10.2 Å². The number of ether oxygens (including phenoxy) is 1. The lowest BCUT2D eigenvalue weighted by atomic mass is 9.86. The molecular formula is C15H32N2O. The van der Waals surface area contributed by atoms with Crippen LogP contribution in [-0.4, -0.2) is 49.3 Å². The first-order valence-electron chi connectivity index (χ1n) is 7.63. The Morgan fingerprint density at radius 1 is 1.33 bits per heavy atom. The summed E-state index contributed by atoms with van der Waals surface area (Å²) in [4.78, 5) is 2.68. The van der Waals surface area contributed by atoms with Gasteiger partial charge < -0.3 is 10.1 Å². The lowest BCUT2D eigenvalue weighted by Gasteiger charge is -2.50. The molecule has 0 amide bonds. The van der Waals surface area contributed by atoms with Crippen molar-refractivity contribution < 1.29 is 4.74 Å². The zero-order chi connectivity index (χ0) is 13.6. The van der Waals surface area contributed by atoms with E-state index in [2.05, 4.69) is 37.9 Å². The second-order valence-corrected chi connectivity index (χ2v) is 5.75. The first-order valence-corrected chi connectivity index (χ1v) is 7.63. The summed E-state index contributed by atoms with van der Waals surface area (Å²) in [7, 11) is 1.82. The number of hydrogen-bond donors (Lipinski definition) is 1. The number of nitrogens with one attached hydrogen (secondary N) is 1. The maximum Gasteiger partial charge on any atom is 0.0670 e. The number of nitrogens with zero attached hydrogens (tertiary/aromatic N) is 1. The monoisotopic (exact) mass is 256 g/mol. The van der Waals surface area contributed by atoms with Crippen LogP contribution in [0.4, 0.5) is 0 Å². The smallest absolute Gasteiger partial charge is 0.0670 e. The van der Waals surface area contributed by atoms with Crippen LogP contribution < -0.4 is 5.32 Å². The molecule has 1 heterocycles. The molecule has 108 valence electrons. The molecule has 1 saturated heterocycles. The normalized spacial score (nSPS) is 26.2. The predicted octanol–water partition coefficient (Wildman–Crippen LogP) is 2.65. The quantitative estimate of drug-likeness (QED) is 0.758. The SMILES string of the molecule is CCCC1CN(CC(C)OC)C(CC)(CC)CN1. The summed E-state index contributed by atoms with van der Waals surface area (Å²) in [5.41, 5.74) is 0.330. The molecule has 18 heavy (non-hydrogen) atoms. The fourth-order valence-electron chi connectivity index (χ4n) is 3.11. The van der Waals surface area contributed by atoms with Gasteiger partial charge in [0.1, 0.15) is 0 Å². The zero-order valence-corrected chi connectivity index (χ0v) is 13.0. The van der Waals surface area contributed by atoms with E-state index >= 15 is 0 Å². The highest BCUT2D eigenvalue weighted by molar-refractivity contribution is 4.97. The Morgan fingerprint density at radius 3 is 2.50 bits per heavy atom. The van der Waals surface area contributed by atoms with Gasteiger partial charge in [-0.1, -0.05) is 27.2 Å². The van der Waals surface area contributed by atoms with Crippen molar-refractivity contribution in [3.8, 4) is 0 Å². The maximum atomic E-state index is 5.47. The molecule has 0 saturated carbocycles. The van der Waals surface area contributed by atoms with Gasteiger partial charge in [0.25, 0.3) is 0 Å². The topological polar surface area (TPSA) is 24.5 Å². The highest BCUT2D eigenvalue weighted by Crippen LogP contribution is 2.28. The Bertz CT molecular complexity index is 229. The van der Waals surface area contributed by atoms with E-state index in [0.29, 0.717) is 17.7 Å². The highest BCUT2D eigenvalue weighted by Gasteiger charge is 2.38. The molecular weight excluding hydrogens is 224 g/mol. The van der Waals surface area contributed by atoms with Crippen LogP contribution in [0.15, 0.2) is 0 Å². The maximum absolute atomic E-state index is 5.47. The molecule has 2 atom stereocenters. The van der Waals surface area contributed by atoms with Gasteiger partial charge in [-0.2, -0.15) is 0 Å².